The Bertz CT molecular complexity index is 493. The monoisotopic (exact) mass is 291 g/mol. The summed E-state index contributed by atoms with van der Waals surface area (Å²) in [6.45, 7) is 3.73. The van der Waals surface area contributed by atoms with Crippen molar-refractivity contribution in [1.29, 1.82) is 0 Å². The molecule has 0 bridgehead atoms. The van der Waals surface area contributed by atoms with Gasteiger partial charge in [-0.3, -0.25) is 9.78 Å². The zero-order chi connectivity index (χ0) is 14.8. The number of aromatic nitrogens is 1. The Morgan fingerprint density at radius 3 is 2.62 bits per heavy atom. The van der Waals surface area contributed by atoms with E-state index in [0.29, 0.717) is 17.9 Å². The number of carbonyl (C=O) groups excluding carboxylic acids is 1. The number of piperidine rings is 1. The summed E-state index contributed by atoms with van der Waals surface area (Å²) in [4.78, 5) is 18.1. The Morgan fingerprint density at radius 2 is 2.05 bits per heavy atom. The summed E-state index contributed by atoms with van der Waals surface area (Å²) in [5.74, 6) is 0.358. The van der Waals surface area contributed by atoms with Crippen LogP contribution in [0.3, 0.4) is 0 Å². The zero-order valence-corrected chi connectivity index (χ0v) is 12.4. The molecule has 1 saturated heterocycles. The number of halogens is 1. The van der Waals surface area contributed by atoms with Crippen molar-refractivity contribution >= 4 is 5.91 Å². The molecule has 1 N–H and O–H groups in total. The Hall–Kier alpha value is -1.49. The largest absolute Gasteiger partial charge is 0.342 e. The predicted octanol–water partition coefficient (Wildman–Crippen LogP) is 2.27. The zero-order valence-electron chi connectivity index (χ0n) is 12.4. The standard InChI is InChI=1S/C16H22FN3O/c1-11(15-5-4-13(17)10-18-15)19-14-6-8-20(9-7-14)16(21)12-2-3-12/h4-5,10-12,14,19H,2-3,6-9H2,1H3. The van der Waals surface area contributed by atoms with Crippen LogP contribution >= 0.6 is 0 Å². The second kappa shape index (κ2) is 6.10. The molecule has 21 heavy (non-hydrogen) atoms. The van der Waals surface area contributed by atoms with Crippen molar-refractivity contribution in [1.82, 2.24) is 15.2 Å². The molecule has 2 fully saturated rings. The number of pyridine rings is 1. The van der Waals surface area contributed by atoms with Crippen LogP contribution in [0.2, 0.25) is 0 Å². The summed E-state index contributed by atoms with van der Waals surface area (Å²) in [6.07, 6.45) is 5.35. The molecular weight excluding hydrogens is 269 g/mol. The molecule has 2 heterocycles. The van der Waals surface area contributed by atoms with Gasteiger partial charge in [-0.25, -0.2) is 4.39 Å². The van der Waals surface area contributed by atoms with E-state index in [2.05, 4.69) is 10.3 Å². The molecule has 1 aromatic heterocycles. The fraction of sp³-hybridized carbons (Fsp3) is 0.625. The molecule has 4 nitrogen and oxygen atoms in total. The van der Waals surface area contributed by atoms with Gasteiger partial charge in [-0.1, -0.05) is 0 Å². The lowest BCUT2D eigenvalue weighted by atomic mass is 10.0. The minimum absolute atomic E-state index is 0.0984. The van der Waals surface area contributed by atoms with Crippen LogP contribution in [0.25, 0.3) is 0 Å². The average Bonchev–Trinajstić information content (AvgIpc) is 3.32. The average molecular weight is 291 g/mol. The highest BCUT2D eigenvalue weighted by atomic mass is 19.1. The van der Waals surface area contributed by atoms with Gasteiger partial charge in [0.2, 0.25) is 5.91 Å². The topological polar surface area (TPSA) is 45.2 Å². The van der Waals surface area contributed by atoms with Crippen molar-refractivity contribution in [3.63, 3.8) is 0 Å². The summed E-state index contributed by atoms with van der Waals surface area (Å²) >= 11 is 0. The molecular formula is C16H22FN3O. The number of nitrogens with zero attached hydrogens (tertiary/aromatic N) is 2. The molecule has 1 amide bonds. The third kappa shape index (κ3) is 3.59. The Morgan fingerprint density at radius 1 is 1.33 bits per heavy atom. The Labute approximate surface area is 124 Å². The minimum atomic E-state index is -0.308. The molecule has 1 aromatic rings. The van der Waals surface area contributed by atoms with Crippen LogP contribution in [0.1, 0.15) is 44.3 Å². The van der Waals surface area contributed by atoms with Crippen molar-refractivity contribution in [2.75, 3.05) is 13.1 Å². The quantitative estimate of drug-likeness (QED) is 0.925. The predicted molar refractivity (Wildman–Crippen MR) is 78.1 cm³/mol. The molecule has 1 aliphatic heterocycles. The smallest absolute Gasteiger partial charge is 0.225 e. The Balaban J connectivity index is 1.48. The summed E-state index contributed by atoms with van der Waals surface area (Å²) in [6, 6.07) is 3.66. The summed E-state index contributed by atoms with van der Waals surface area (Å²) in [5.41, 5.74) is 0.855. The van der Waals surface area contributed by atoms with Gasteiger partial charge in [0, 0.05) is 31.1 Å². The lowest BCUT2D eigenvalue weighted by Crippen LogP contribution is -2.46. The molecule has 0 aromatic carbocycles. The van der Waals surface area contributed by atoms with Crippen LogP contribution < -0.4 is 5.32 Å². The van der Waals surface area contributed by atoms with Gasteiger partial charge in [0.05, 0.1) is 11.9 Å². The fourth-order valence-electron chi connectivity index (χ4n) is 2.94. The minimum Gasteiger partial charge on any atom is -0.342 e. The molecule has 2 aliphatic rings. The van der Waals surface area contributed by atoms with Crippen LogP contribution in [0.15, 0.2) is 18.3 Å². The molecule has 114 valence electrons. The first-order valence-corrected chi connectivity index (χ1v) is 7.80. The molecule has 1 atom stereocenters. The molecule has 5 heteroatoms. The molecule has 1 aliphatic carbocycles. The number of amides is 1. The number of carbonyl (C=O) groups is 1. The van der Waals surface area contributed by atoms with Crippen LogP contribution in [-0.2, 0) is 4.79 Å². The van der Waals surface area contributed by atoms with E-state index in [1.54, 1.807) is 6.07 Å². The Kier molecular flexibility index (Phi) is 4.19. The highest BCUT2D eigenvalue weighted by molar-refractivity contribution is 5.81. The maximum atomic E-state index is 12.9. The van der Waals surface area contributed by atoms with E-state index in [4.69, 9.17) is 0 Å². The van der Waals surface area contributed by atoms with Gasteiger partial charge in [-0.15, -0.1) is 0 Å². The first-order chi connectivity index (χ1) is 10.1. The van der Waals surface area contributed by atoms with Crippen molar-refractivity contribution < 1.29 is 9.18 Å². The summed E-state index contributed by atoms with van der Waals surface area (Å²) < 4.78 is 12.9. The number of nitrogens with one attached hydrogen (secondary N) is 1. The van der Waals surface area contributed by atoms with Crippen LogP contribution in [0, 0.1) is 11.7 Å². The molecule has 3 rings (SSSR count). The third-order valence-corrected chi connectivity index (χ3v) is 4.41. The van der Waals surface area contributed by atoms with E-state index in [1.165, 1.54) is 12.3 Å². The molecule has 1 unspecified atom stereocenters. The van der Waals surface area contributed by atoms with Gasteiger partial charge in [0.25, 0.3) is 0 Å². The van der Waals surface area contributed by atoms with E-state index >= 15 is 0 Å². The van der Waals surface area contributed by atoms with Gasteiger partial charge in [0.15, 0.2) is 0 Å². The number of rotatable bonds is 4. The van der Waals surface area contributed by atoms with Crippen molar-refractivity contribution in [2.24, 2.45) is 5.92 Å². The van der Waals surface area contributed by atoms with Crippen molar-refractivity contribution in [2.45, 2.75) is 44.7 Å². The lowest BCUT2D eigenvalue weighted by Gasteiger charge is -2.34. The van der Waals surface area contributed by atoms with E-state index in [-0.39, 0.29) is 11.9 Å². The normalized spacial score (nSPS) is 21.3. The van der Waals surface area contributed by atoms with E-state index in [1.807, 2.05) is 11.8 Å². The fourth-order valence-corrected chi connectivity index (χ4v) is 2.94. The SMILES string of the molecule is CC(NC1CCN(C(=O)C2CC2)CC1)c1ccc(F)cn1. The van der Waals surface area contributed by atoms with Crippen LogP contribution in [0.5, 0.6) is 0 Å². The maximum absolute atomic E-state index is 12.9. The second-order valence-corrected chi connectivity index (χ2v) is 6.16. The summed E-state index contributed by atoms with van der Waals surface area (Å²) in [7, 11) is 0. The third-order valence-electron chi connectivity index (χ3n) is 4.41. The highest BCUT2D eigenvalue weighted by Gasteiger charge is 2.35. The highest BCUT2D eigenvalue weighted by Crippen LogP contribution is 2.32. The first kappa shape index (κ1) is 14.4. The van der Waals surface area contributed by atoms with Crippen LogP contribution in [-0.4, -0.2) is 34.9 Å². The van der Waals surface area contributed by atoms with Crippen molar-refractivity contribution in [3.05, 3.63) is 29.8 Å². The number of likely N-dealkylation sites (tertiary alicyclic amines) is 1. The van der Waals surface area contributed by atoms with Crippen LogP contribution in [0.4, 0.5) is 4.39 Å². The van der Waals surface area contributed by atoms with E-state index in [0.717, 1.165) is 44.5 Å². The number of hydrogen-bond acceptors (Lipinski definition) is 3. The first-order valence-electron chi connectivity index (χ1n) is 7.80. The van der Waals surface area contributed by atoms with Gasteiger partial charge >= 0.3 is 0 Å². The molecule has 0 spiro atoms. The second-order valence-electron chi connectivity index (χ2n) is 6.16. The van der Waals surface area contributed by atoms with E-state index in [9.17, 15) is 9.18 Å². The lowest BCUT2D eigenvalue weighted by molar-refractivity contribution is -0.133. The molecule has 1 saturated carbocycles. The summed E-state index contributed by atoms with van der Waals surface area (Å²) in [5, 5.41) is 3.54. The van der Waals surface area contributed by atoms with Crippen molar-refractivity contribution in [3.8, 4) is 0 Å². The maximum Gasteiger partial charge on any atom is 0.225 e. The van der Waals surface area contributed by atoms with Gasteiger partial charge in [-0.05, 0) is 44.7 Å². The van der Waals surface area contributed by atoms with Gasteiger partial charge in [-0.2, -0.15) is 0 Å². The van der Waals surface area contributed by atoms with E-state index < -0.39 is 0 Å². The van der Waals surface area contributed by atoms with Gasteiger partial charge in [0.1, 0.15) is 5.82 Å². The number of hydrogen-bond donors (Lipinski definition) is 1. The van der Waals surface area contributed by atoms with Gasteiger partial charge < -0.3 is 10.2 Å². The molecule has 0 radical (unpaired) electrons.